The van der Waals surface area contributed by atoms with Crippen LogP contribution >= 0.6 is 0 Å². The van der Waals surface area contributed by atoms with E-state index in [4.69, 9.17) is 0 Å². The number of carbonyl (C=O) groups excluding carboxylic acids is 1. The monoisotopic (exact) mass is 387 g/mol. The predicted molar refractivity (Wildman–Crippen MR) is 111 cm³/mol. The summed E-state index contributed by atoms with van der Waals surface area (Å²) in [6, 6.07) is 15.6. The van der Waals surface area contributed by atoms with E-state index >= 15 is 0 Å². The number of rotatable bonds is 5. The van der Waals surface area contributed by atoms with Crippen molar-refractivity contribution in [2.45, 2.75) is 26.9 Å². The minimum Gasteiger partial charge on any atom is -0.350 e. The maximum Gasteiger partial charge on any atom is 0.264 e. The van der Waals surface area contributed by atoms with Crippen LogP contribution in [0, 0.1) is 13.8 Å². The summed E-state index contributed by atoms with van der Waals surface area (Å²) < 4.78 is 2.96. The van der Waals surface area contributed by atoms with Gasteiger partial charge in [0.15, 0.2) is 5.65 Å². The van der Waals surface area contributed by atoms with Gasteiger partial charge in [-0.1, -0.05) is 48.0 Å². The fourth-order valence-electron chi connectivity index (χ4n) is 3.29. The van der Waals surface area contributed by atoms with Crippen molar-refractivity contribution in [1.29, 1.82) is 0 Å². The molecule has 0 atom stereocenters. The van der Waals surface area contributed by atoms with E-state index in [1.54, 1.807) is 4.68 Å². The molecular formula is C22H21N5O2. The van der Waals surface area contributed by atoms with Crippen LogP contribution in [0.3, 0.4) is 0 Å². The van der Waals surface area contributed by atoms with Gasteiger partial charge in [-0.05, 0) is 31.0 Å². The fraction of sp³-hybridized carbons (Fsp3) is 0.182. The van der Waals surface area contributed by atoms with E-state index in [2.05, 4.69) is 21.5 Å². The van der Waals surface area contributed by atoms with Gasteiger partial charge in [0, 0.05) is 6.54 Å². The molecule has 146 valence electrons. The predicted octanol–water partition coefficient (Wildman–Crippen LogP) is 2.52. The molecule has 0 unspecified atom stereocenters. The first-order chi connectivity index (χ1) is 14.0. The lowest BCUT2D eigenvalue weighted by atomic mass is 10.1. The summed E-state index contributed by atoms with van der Waals surface area (Å²) in [4.78, 5) is 29.5. The molecule has 0 aliphatic carbocycles. The number of nitrogens with one attached hydrogen (secondary N) is 1. The number of hydrogen-bond donors (Lipinski definition) is 1. The van der Waals surface area contributed by atoms with Crippen molar-refractivity contribution in [2.75, 3.05) is 0 Å². The molecule has 0 bridgehead atoms. The molecule has 0 saturated heterocycles. The summed E-state index contributed by atoms with van der Waals surface area (Å²) in [6.45, 7) is 4.34. The van der Waals surface area contributed by atoms with Crippen molar-refractivity contribution in [2.24, 2.45) is 0 Å². The summed E-state index contributed by atoms with van der Waals surface area (Å²) in [5.41, 5.74) is 4.25. The highest BCUT2D eigenvalue weighted by atomic mass is 16.2. The van der Waals surface area contributed by atoms with Crippen LogP contribution in [0.4, 0.5) is 0 Å². The molecule has 29 heavy (non-hydrogen) atoms. The zero-order valence-corrected chi connectivity index (χ0v) is 16.3. The van der Waals surface area contributed by atoms with Crippen LogP contribution in [-0.2, 0) is 17.9 Å². The van der Waals surface area contributed by atoms with Crippen molar-refractivity contribution in [3.63, 3.8) is 0 Å². The molecule has 1 N–H and O–H groups in total. The van der Waals surface area contributed by atoms with Crippen LogP contribution in [0.25, 0.3) is 16.7 Å². The van der Waals surface area contributed by atoms with Crippen LogP contribution in [-0.4, -0.2) is 25.2 Å². The van der Waals surface area contributed by atoms with Gasteiger partial charge in [-0.15, -0.1) is 0 Å². The van der Waals surface area contributed by atoms with E-state index in [1.807, 2.05) is 56.3 Å². The summed E-state index contributed by atoms with van der Waals surface area (Å²) in [5.74, 6) is -0.251. The smallest absolute Gasteiger partial charge is 0.264 e. The Labute approximate surface area is 167 Å². The number of nitrogens with zero attached hydrogens (tertiary/aromatic N) is 4. The van der Waals surface area contributed by atoms with E-state index in [9.17, 15) is 9.59 Å². The Morgan fingerprint density at radius 3 is 2.66 bits per heavy atom. The molecule has 2 aromatic carbocycles. The summed E-state index contributed by atoms with van der Waals surface area (Å²) in [6.07, 6.45) is 2.90. The van der Waals surface area contributed by atoms with E-state index < -0.39 is 0 Å². The van der Waals surface area contributed by atoms with Gasteiger partial charge in [0.1, 0.15) is 18.3 Å². The first-order valence-electron chi connectivity index (χ1n) is 9.34. The van der Waals surface area contributed by atoms with E-state index in [0.717, 1.165) is 22.4 Å². The van der Waals surface area contributed by atoms with Crippen molar-refractivity contribution < 1.29 is 4.79 Å². The number of fused-ring (bicyclic) bond motifs is 1. The van der Waals surface area contributed by atoms with Crippen LogP contribution in [0.15, 0.2) is 65.8 Å². The first kappa shape index (κ1) is 18.6. The maximum atomic E-state index is 12.8. The molecule has 4 rings (SSSR count). The molecule has 0 spiro atoms. The number of carbonyl (C=O) groups is 1. The lowest BCUT2D eigenvalue weighted by Crippen LogP contribution is -2.32. The Kier molecular flexibility index (Phi) is 4.95. The molecule has 0 aliphatic rings. The Morgan fingerprint density at radius 1 is 1.10 bits per heavy atom. The number of aromatic nitrogens is 4. The second-order valence-electron chi connectivity index (χ2n) is 7.02. The van der Waals surface area contributed by atoms with E-state index in [0.29, 0.717) is 17.6 Å². The van der Waals surface area contributed by atoms with Crippen molar-refractivity contribution in [3.05, 3.63) is 88.1 Å². The van der Waals surface area contributed by atoms with Gasteiger partial charge in [-0.25, -0.2) is 9.67 Å². The normalized spacial score (nSPS) is 11.0. The van der Waals surface area contributed by atoms with Crippen molar-refractivity contribution in [1.82, 2.24) is 24.6 Å². The van der Waals surface area contributed by atoms with E-state index in [1.165, 1.54) is 17.1 Å². The molecule has 0 fully saturated rings. The van der Waals surface area contributed by atoms with Gasteiger partial charge in [0.2, 0.25) is 5.91 Å². The van der Waals surface area contributed by atoms with Crippen molar-refractivity contribution >= 4 is 16.9 Å². The highest BCUT2D eigenvalue weighted by Crippen LogP contribution is 2.18. The maximum absolute atomic E-state index is 12.8. The Hall–Kier alpha value is -3.74. The molecule has 4 aromatic rings. The SMILES string of the molecule is Cc1ccc(-n2ncc3c(=O)n(CC(=O)NCc4ccccc4)cnc32)c(C)c1. The standard InChI is InChI=1S/C22H21N5O2/c1-15-8-9-19(16(2)10-15)27-21-18(12-25-27)22(29)26(14-24-21)13-20(28)23-11-17-6-4-3-5-7-17/h3-10,12,14H,11,13H2,1-2H3,(H,23,28). The van der Waals surface area contributed by atoms with Crippen LogP contribution in [0.5, 0.6) is 0 Å². The Balaban J connectivity index is 1.57. The quantitative estimate of drug-likeness (QED) is 0.570. The largest absolute Gasteiger partial charge is 0.350 e. The van der Waals surface area contributed by atoms with Crippen LogP contribution in [0.1, 0.15) is 16.7 Å². The highest BCUT2D eigenvalue weighted by molar-refractivity contribution is 5.78. The number of amides is 1. The molecule has 2 heterocycles. The van der Waals surface area contributed by atoms with Gasteiger partial charge in [-0.2, -0.15) is 5.10 Å². The molecule has 0 saturated carbocycles. The first-order valence-corrected chi connectivity index (χ1v) is 9.34. The summed E-state index contributed by atoms with van der Waals surface area (Å²) in [7, 11) is 0. The lowest BCUT2D eigenvalue weighted by Gasteiger charge is -2.09. The lowest BCUT2D eigenvalue weighted by molar-refractivity contribution is -0.121. The summed E-state index contributed by atoms with van der Waals surface area (Å²) >= 11 is 0. The van der Waals surface area contributed by atoms with Gasteiger partial charge in [-0.3, -0.25) is 14.2 Å². The van der Waals surface area contributed by atoms with Gasteiger partial charge in [0.05, 0.1) is 11.9 Å². The zero-order chi connectivity index (χ0) is 20.4. The van der Waals surface area contributed by atoms with Crippen LogP contribution in [0.2, 0.25) is 0 Å². The fourth-order valence-corrected chi connectivity index (χ4v) is 3.29. The minimum atomic E-state index is -0.291. The zero-order valence-electron chi connectivity index (χ0n) is 16.3. The van der Waals surface area contributed by atoms with E-state index in [-0.39, 0.29) is 18.0 Å². The molecule has 1 amide bonds. The average Bonchev–Trinajstić information content (AvgIpc) is 3.14. The molecule has 7 nitrogen and oxygen atoms in total. The van der Waals surface area contributed by atoms with Gasteiger partial charge in [0.25, 0.3) is 5.56 Å². The van der Waals surface area contributed by atoms with Gasteiger partial charge < -0.3 is 5.32 Å². The summed E-state index contributed by atoms with van der Waals surface area (Å²) in [5, 5.41) is 7.55. The number of aryl methyl sites for hydroxylation is 2. The highest BCUT2D eigenvalue weighted by Gasteiger charge is 2.14. The third-order valence-electron chi connectivity index (χ3n) is 4.78. The number of hydrogen-bond acceptors (Lipinski definition) is 4. The molecular weight excluding hydrogens is 366 g/mol. The topological polar surface area (TPSA) is 81.8 Å². The van der Waals surface area contributed by atoms with Crippen LogP contribution < -0.4 is 10.9 Å². The number of benzene rings is 2. The minimum absolute atomic E-state index is 0.0939. The third kappa shape index (κ3) is 3.80. The van der Waals surface area contributed by atoms with Gasteiger partial charge >= 0.3 is 0 Å². The molecule has 0 radical (unpaired) electrons. The Morgan fingerprint density at radius 2 is 1.90 bits per heavy atom. The average molecular weight is 387 g/mol. The molecule has 0 aliphatic heterocycles. The molecule has 2 aromatic heterocycles. The second-order valence-corrected chi connectivity index (χ2v) is 7.02. The Bertz CT molecular complexity index is 1240. The third-order valence-corrected chi connectivity index (χ3v) is 4.78. The second kappa shape index (κ2) is 7.71. The van der Waals surface area contributed by atoms with Crippen molar-refractivity contribution in [3.8, 4) is 5.69 Å². The molecule has 7 heteroatoms.